The van der Waals surface area contributed by atoms with Crippen LogP contribution in [-0.2, 0) is 20.1 Å². The molecule has 0 amide bonds. The average molecular weight is 743 g/mol. The van der Waals surface area contributed by atoms with Crippen molar-refractivity contribution in [3.05, 3.63) is 174 Å². The Hall–Kier alpha value is -5.02. The van der Waals surface area contributed by atoms with Gasteiger partial charge in [-0.1, -0.05) is 97.2 Å². The number of aromatic nitrogens is 1. The van der Waals surface area contributed by atoms with Crippen LogP contribution in [0.3, 0.4) is 0 Å². The predicted molar refractivity (Wildman–Crippen MR) is 181 cm³/mol. The van der Waals surface area contributed by atoms with Gasteiger partial charge in [-0.05, 0) is 57.1 Å². The molecule has 0 spiro atoms. The fourth-order valence-electron chi connectivity index (χ4n) is 5.06. The first-order valence-electron chi connectivity index (χ1n) is 14.1. The van der Waals surface area contributed by atoms with Crippen molar-refractivity contribution in [2.24, 2.45) is 4.99 Å². The van der Waals surface area contributed by atoms with E-state index in [1.807, 2.05) is 92.0 Å². The third kappa shape index (κ3) is 6.95. The molecule has 4 heteroatoms. The summed E-state index contributed by atoms with van der Waals surface area (Å²) in [6, 6.07) is 53.2. The van der Waals surface area contributed by atoms with E-state index in [0.717, 1.165) is 45.2 Å². The number of rotatable bonds is 5. The molecule has 0 radical (unpaired) electrons. The van der Waals surface area contributed by atoms with E-state index in [-0.39, 0.29) is 20.1 Å². The van der Waals surface area contributed by atoms with Crippen LogP contribution in [0.2, 0.25) is 0 Å². The van der Waals surface area contributed by atoms with Gasteiger partial charge in [-0.15, -0.1) is 65.0 Å². The molecule has 0 saturated heterocycles. The number of hydrogen-bond acceptors (Lipinski definition) is 2. The molecule has 0 fully saturated rings. The minimum Gasteiger partial charge on any atom is -0.810 e. The Labute approximate surface area is 271 Å². The third-order valence-corrected chi connectivity index (χ3v) is 7.26. The van der Waals surface area contributed by atoms with E-state index in [4.69, 9.17) is 0 Å². The summed E-state index contributed by atoms with van der Waals surface area (Å²) in [5.41, 5.74) is 7.67. The number of aliphatic imine (C=N–C) groups is 1. The van der Waals surface area contributed by atoms with E-state index in [0.29, 0.717) is 5.56 Å². The second kappa shape index (κ2) is 14.4. The van der Waals surface area contributed by atoms with E-state index < -0.39 is 0 Å². The Morgan fingerprint density at radius 3 is 2.14 bits per heavy atom. The van der Waals surface area contributed by atoms with Gasteiger partial charge in [-0.3, -0.25) is 0 Å². The summed E-state index contributed by atoms with van der Waals surface area (Å²) in [5.74, 6) is 0. The molecule has 7 rings (SSSR count). The number of hydrogen-bond donors (Lipinski definition) is 0. The first-order valence-corrected chi connectivity index (χ1v) is 14.1. The van der Waals surface area contributed by atoms with Crippen LogP contribution in [0.1, 0.15) is 18.1 Å². The van der Waals surface area contributed by atoms with Crippen LogP contribution in [0.4, 0.5) is 5.69 Å². The van der Waals surface area contributed by atoms with Crippen molar-refractivity contribution in [2.75, 3.05) is 0 Å². The standard InChI is InChI=1S/C21H14N.C19H14N2.Ir/c1-2-7-16(8-3-1)18-13-14-22-21(15-18)20-12-6-10-17-9-4-5-11-19(17)20;1-14(15-7-3-2-4-8-15)21-19-12-17-10-6-5-9-16(17)11-18(19)13-20;/h1-11,13-15H;2-7,9-13H,1H3;/q-1;-2;+3. The summed E-state index contributed by atoms with van der Waals surface area (Å²) in [6.07, 6.45) is 2.97. The van der Waals surface area contributed by atoms with Gasteiger partial charge in [0.05, 0.1) is 5.69 Å². The Morgan fingerprint density at radius 2 is 1.39 bits per heavy atom. The maximum Gasteiger partial charge on any atom is 3.00 e. The Balaban J connectivity index is 0.000000171. The quantitative estimate of drug-likeness (QED) is 0.128. The number of benzene rings is 6. The van der Waals surface area contributed by atoms with Crippen LogP contribution in [0.15, 0.2) is 151 Å². The molecular weight excluding hydrogens is 715 g/mol. The molecule has 212 valence electrons. The SMILES string of the molecule is CC(=Nc1cc2ccccc2cc1C=[N-])c1[c-]cccc1.[Ir+3].[c-]1ccc2ccccc2c1-c1cc(-c2ccccc2)ccn1. The van der Waals surface area contributed by atoms with Crippen molar-refractivity contribution in [1.29, 1.82) is 0 Å². The van der Waals surface area contributed by atoms with Gasteiger partial charge < -0.3 is 15.4 Å². The smallest absolute Gasteiger partial charge is 0.810 e. The summed E-state index contributed by atoms with van der Waals surface area (Å²) >= 11 is 0. The van der Waals surface area contributed by atoms with Crippen LogP contribution < -0.4 is 0 Å². The predicted octanol–water partition coefficient (Wildman–Crippen LogP) is 10.1. The minimum absolute atomic E-state index is 0. The molecule has 0 aliphatic rings. The molecule has 0 atom stereocenters. The number of fused-ring (bicyclic) bond motifs is 2. The van der Waals surface area contributed by atoms with E-state index in [9.17, 15) is 5.41 Å². The summed E-state index contributed by atoms with van der Waals surface area (Å²) < 4.78 is 0. The van der Waals surface area contributed by atoms with Crippen molar-refractivity contribution >= 4 is 39.2 Å². The largest absolute Gasteiger partial charge is 3.00 e. The number of pyridine rings is 1. The maximum atomic E-state index is 9.46. The molecule has 0 unspecified atom stereocenters. The molecule has 1 heterocycles. The van der Waals surface area contributed by atoms with Gasteiger partial charge in [-0.25, -0.2) is 0 Å². The molecular formula is C40H28IrN3. The molecule has 1 aromatic heterocycles. The second-order valence-electron chi connectivity index (χ2n) is 10.1. The second-order valence-corrected chi connectivity index (χ2v) is 10.1. The summed E-state index contributed by atoms with van der Waals surface area (Å²) in [7, 11) is 0. The summed E-state index contributed by atoms with van der Waals surface area (Å²) in [4.78, 5) is 9.20. The zero-order chi connectivity index (χ0) is 29.4. The van der Waals surface area contributed by atoms with E-state index in [1.54, 1.807) is 0 Å². The third-order valence-electron chi connectivity index (χ3n) is 7.26. The Kier molecular flexibility index (Phi) is 9.99. The van der Waals surface area contributed by atoms with E-state index >= 15 is 0 Å². The molecule has 44 heavy (non-hydrogen) atoms. The van der Waals surface area contributed by atoms with Crippen LogP contribution in [-0.4, -0.2) is 16.9 Å². The van der Waals surface area contributed by atoms with Crippen LogP contribution in [0.25, 0.3) is 49.3 Å². The summed E-state index contributed by atoms with van der Waals surface area (Å²) in [6.45, 7) is 1.95. The van der Waals surface area contributed by atoms with Crippen molar-refractivity contribution in [1.82, 2.24) is 4.98 Å². The molecule has 6 aromatic carbocycles. The van der Waals surface area contributed by atoms with Gasteiger partial charge in [0.25, 0.3) is 0 Å². The van der Waals surface area contributed by atoms with Gasteiger partial charge in [0.2, 0.25) is 0 Å². The molecule has 0 N–H and O–H groups in total. The van der Waals surface area contributed by atoms with Crippen molar-refractivity contribution in [2.45, 2.75) is 6.92 Å². The van der Waals surface area contributed by atoms with Crippen LogP contribution in [0, 0.1) is 12.1 Å². The maximum absolute atomic E-state index is 9.46. The van der Waals surface area contributed by atoms with E-state index in [2.05, 4.69) is 82.8 Å². The first-order chi connectivity index (χ1) is 21.2. The Bertz CT molecular complexity index is 2050. The first kappa shape index (κ1) is 30.4. The average Bonchev–Trinajstić information content (AvgIpc) is 3.09. The van der Waals surface area contributed by atoms with Crippen molar-refractivity contribution < 1.29 is 20.1 Å². The minimum atomic E-state index is 0. The van der Waals surface area contributed by atoms with Crippen molar-refractivity contribution in [3.63, 3.8) is 0 Å². The van der Waals surface area contributed by atoms with Gasteiger partial charge in [-0.2, -0.15) is 6.21 Å². The van der Waals surface area contributed by atoms with Gasteiger partial charge in [0.15, 0.2) is 0 Å². The van der Waals surface area contributed by atoms with Crippen molar-refractivity contribution in [3.8, 4) is 22.4 Å². The molecule has 3 nitrogen and oxygen atoms in total. The fraction of sp³-hybridized carbons (Fsp3) is 0.0250. The number of nitrogens with zero attached hydrogens (tertiary/aromatic N) is 3. The zero-order valence-corrected chi connectivity index (χ0v) is 26.5. The molecule has 0 bridgehead atoms. The van der Waals surface area contributed by atoms with Gasteiger partial charge in [0.1, 0.15) is 0 Å². The van der Waals surface area contributed by atoms with Crippen LogP contribution >= 0.6 is 0 Å². The normalized spacial score (nSPS) is 10.9. The molecule has 0 aliphatic carbocycles. The van der Waals surface area contributed by atoms with E-state index in [1.165, 1.54) is 21.9 Å². The Morgan fingerprint density at radius 1 is 0.682 bits per heavy atom. The van der Waals surface area contributed by atoms with Gasteiger partial charge >= 0.3 is 20.1 Å². The molecule has 7 aromatic rings. The molecule has 0 saturated carbocycles. The topological polar surface area (TPSA) is 47.5 Å². The fourth-order valence-corrected chi connectivity index (χ4v) is 5.06. The van der Waals surface area contributed by atoms with Crippen LogP contribution in [0.5, 0.6) is 0 Å². The zero-order valence-electron chi connectivity index (χ0n) is 24.1. The molecule has 0 aliphatic heterocycles. The van der Waals surface area contributed by atoms with Gasteiger partial charge in [0, 0.05) is 6.20 Å². The monoisotopic (exact) mass is 743 g/mol. The summed E-state index contributed by atoms with van der Waals surface area (Å²) in [5, 5.41) is 14.0.